The van der Waals surface area contributed by atoms with Crippen LogP contribution in [0.1, 0.15) is 361 Å². The third-order valence-corrected chi connectivity index (χ3v) is 15.6. The van der Waals surface area contributed by atoms with Gasteiger partial charge < -0.3 is 20.3 Å². The van der Waals surface area contributed by atoms with E-state index in [1.165, 1.54) is 270 Å². The first-order chi connectivity index (χ1) is 37.5. The Morgan fingerprint density at radius 1 is 0.368 bits per heavy atom. The average molecular weight is 1070 g/mol. The number of carbonyl (C=O) groups excluding carboxylic acids is 2. The van der Waals surface area contributed by atoms with E-state index in [-0.39, 0.29) is 18.5 Å². The van der Waals surface area contributed by atoms with Crippen molar-refractivity contribution < 1.29 is 24.5 Å². The zero-order valence-corrected chi connectivity index (χ0v) is 51.0. The predicted molar refractivity (Wildman–Crippen MR) is 333 cm³/mol. The quantitative estimate of drug-likeness (QED) is 0.0320. The molecule has 0 aromatic rings. The molecule has 0 saturated heterocycles. The summed E-state index contributed by atoms with van der Waals surface area (Å²) in [6.45, 7) is 4.89. The van der Waals surface area contributed by atoms with Gasteiger partial charge in [0.25, 0.3) is 0 Å². The van der Waals surface area contributed by atoms with Crippen LogP contribution in [0.5, 0.6) is 0 Å². The van der Waals surface area contributed by atoms with Crippen LogP contribution in [0.2, 0.25) is 0 Å². The van der Waals surface area contributed by atoms with Gasteiger partial charge in [-0.1, -0.05) is 306 Å². The van der Waals surface area contributed by atoms with Crippen molar-refractivity contribution in [1.29, 1.82) is 0 Å². The zero-order chi connectivity index (χ0) is 55.0. The molecule has 0 aromatic heterocycles. The average Bonchev–Trinajstić information content (AvgIpc) is 3.42. The lowest BCUT2D eigenvalue weighted by molar-refractivity contribution is -0.143. The van der Waals surface area contributed by atoms with E-state index in [1.807, 2.05) is 6.08 Å². The van der Waals surface area contributed by atoms with E-state index in [0.717, 1.165) is 64.2 Å². The van der Waals surface area contributed by atoms with Gasteiger partial charge in [-0.25, -0.2) is 0 Å². The minimum absolute atomic E-state index is 0.0100. The Morgan fingerprint density at radius 3 is 1.03 bits per heavy atom. The molecule has 0 fully saturated rings. The normalized spacial score (nSPS) is 12.8. The van der Waals surface area contributed by atoms with Crippen LogP contribution in [0.25, 0.3) is 0 Å². The summed E-state index contributed by atoms with van der Waals surface area (Å²) < 4.78 is 5.48. The molecule has 6 nitrogen and oxygen atoms in total. The highest BCUT2D eigenvalue weighted by Gasteiger charge is 2.18. The Kier molecular flexibility index (Phi) is 63.5. The topological polar surface area (TPSA) is 95.9 Å². The Labute approximate surface area is 474 Å². The van der Waals surface area contributed by atoms with Gasteiger partial charge in [-0.2, -0.15) is 0 Å². The molecule has 0 aromatic carbocycles. The van der Waals surface area contributed by atoms with Crippen molar-refractivity contribution in [2.24, 2.45) is 0 Å². The third-order valence-electron chi connectivity index (χ3n) is 15.6. The number of unbranched alkanes of at least 4 members (excludes halogenated alkanes) is 46. The fourth-order valence-electron chi connectivity index (χ4n) is 10.4. The fraction of sp³-hybridized carbons (Fsp3) is 0.857. The SMILES string of the molecule is CCCCCC/C=C\C/C=C\CCCCCCCC(=O)OCCCCCCCCCC/C=C\CCCCCCCCCC(=O)NC(CO)C(O)/C=C/CCCCCCCCCCCCCCCCCCCCCCCC. The molecule has 0 bridgehead atoms. The molecule has 0 saturated carbocycles. The maximum atomic E-state index is 12.5. The van der Waals surface area contributed by atoms with Gasteiger partial charge in [0.2, 0.25) is 5.91 Å². The molecule has 0 aliphatic rings. The van der Waals surface area contributed by atoms with Gasteiger partial charge in [0.15, 0.2) is 0 Å². The Balaban J connectivity index is 3.48. The number of esters is 1. The van der Waals surface area contributed by atoms with Gasteiger partial charge in [-0.3, -0.25) is 9.59 Å². The molecule has 76 heavy (non-hydrogen) atoms. The number of amides is 1. The van der Waals surface area contributed by atoms with E-state index in [2.05, 4.69) is 55.6 Å². The smallest absolute Gasteiger partial charge is 0.305 e. The second-order valence-corrected chi connectivity index (χ2v) is 23.1. The summed E-state index contributed by atoms with van der Waals surface area (Å²) in [5.74, 6) is -0.0851. The van der Waals surface area contributed by atoms with E-state index in [4.69, 9.17) is 4.74 Å². The molecule has 0 spiro atoms. The summed E-state index contributed by atoms with van der Waals surface area (Å²) in [5.41, 5.74) is 0. The molecule has 446 valence electrons. The number of carbonyl (C=O) groups is 2. The van der Waals surface area contributed by atoms with Crippen molar-refractivity contribution in [2.75, 3.05) is 13.2 Å². The molecule has 1 amide bonds. The van der Waals surface area contributed by atoms with Crippen LogP contribution in [0.3, 0.4) is 0 Å². The first-order valence-corrected chi connectivity index (χ1v) is 33.9. The zero-order valence-electron chi connectivity index (χ0n) is 51.0. The first kappa shape index (κ1) is 73.8. The second kappa shape index (κ2) is 65.3. The van der Waals surface area contributed by atoms with Crippen LogP contribution in [0.15, 0.2) is 48.6 Å². The highest BCUT2D eigenvalue weighted by Crippen LogP contribution is 2.18. The molecule has 0 aliphatic heterocycles. The monoisotopic (exact) mass is 1070 g/mol. The fourth-order valence-corrected chi connectivity index (χ4v) is 10.4. The molecule has 0 aliphatic carbocycles. The molecule has 2 atom stereocenters. The Hall–Kier alpha value is -2.18. The van der Waals surface area contributed by atoms with E-state index in [0.29, 0.717) is 19.4 Å². The maximum Gasteiger partial charge on any atom is 0.305 e. The number of aliphatic hydroxyl groups excluding tert-OH is 2. The first-order valence-electron chi connectivity index (χ1n) is 33.9. The molecular formula is C70H131NO5. The number of hydrogen-bond donors (Lipinski definition) is 3. The van der Waals surface area contributed by atoms with Crippen molar-refractivity contribution in [3.8, 4) is 0 Å². The molecule has 0 heterocycles. The van der Waals surface area contributed by atoms with E-state index >= 15 is 0 Å². The van der Waals surface area contributed by atoms with E-state index in [1.54, 1.807) is 6.08 Å². The van der Waals surface area contributed by atoms with E-state index < -0.39 is 12.1 Å². The van der Waals surface area contributed by atoms with Gasteiger partial charge in [-0.15, -0.1) is 0 Å². The molecular weight excluding hydrogens is 935 g/mol. The van der Waals surface area contributed by atoms with Crippen molar-refractivity contribution in [1.82, 2.24) is 5.32 Å². The second-order valence-electron chi connectivity index (χ2n) is 23.1. The summed E-state index contributed by atoms with van der Waals surface area (Å²) in [5, 5.41) is 23.2. The third kappa shape index (κ3) is 61.0. The largest absolute Gasteiger partial charge is 0.466 e. The van der Waals surface area contributed by atoms with Crippen molar-refractivity contribution in [3.05, 3.63) is 48.6 Å². The van der Waals surface area contributed by atoms with Crippen LogP contribution in [0.4, 0.5) is 0 Å². The van der Waals surface area contributed by atoms with Crippen LogP contribution in [-0.2, 0) is 14.3 Å². The van der Waals surface area contributed by atoms with Crippen LogP contribution >= 0.6 is 0 Å². The number of aliphatic hydroxyl groups is 2. The summed E-state index contributed by atoms with van der Waals surface area (Å²) in [6.07, 6.45) is 84.5. The Bertz CT molecular complexity index is 1270. The molecule has 3 N–H and O–H groups in total. The number of hydrogen-bond acceptors (Lipinski definition) is 5. The highest BCUT2D eigenvalue weighted by molar-refractivity contribution is 5.76. The summed E-state index contributed by atoms with van der Waals surface area (Å²) >= 11 is 0. The van der Waals surface area contributed by atoms with Crippen molar-refractivity contribution >= 4 is 11.9 Å². The lowest BCUT2D eigenvalue weighted by atomic mass is 10.0. The molecule has 2 unspecified atom stereocenters. The lowest BCUT2D eigenvalue weighted by Gasteiger charge is -2.20. The summed E-state index contributed by atoms with van der Waals surface area (Å²) in [4.78, 5) is 24.6. The van der Waals surface area contributed by atoms with Crippen LogP contribution in [0, 0.1) is 0 Å². The minimum atomic E-state index is -0.853. The van der Waals surface area contributed by atoms with Gasteiger partial charge >= 0.3 is 5.97 Å². The number of rotatable bonds is 63. The minimum Gasteiger partial charge on any atom is -0.466 e. The number of allylic oxidation sites excluding steroid dienone is 7. The molecule has 0 rings (SSSR count). The van der Waals surface area contributed by atoms with Crippen molar-refractivity contribution in [3.63, 3.8) is 0 Å². The number of ether oxygens (including phenoxy) is 1. The van der Waals surface area contributed by atoms with Crippen LogP contribution in [-0.4, -0.2) is 47.4 Å². The molecule has 6 heteroatoms. The lowest BCUT2D eigenvalue weighted by Crippen LogP contribution is -2.45. The standard InChI is InChI=1S/C70H131NO5/c1-3-5-7-9-11-13-15-17-19-21-22-23-24-25-26-28-31-34-38-42-46-50-54-58-62-68(73)67(66-72)71-69(74)63-59-55-51-47-43-39-35-32-29-27-30-33-37-41-45-49-53-57-61-65-76-70(75)64-60-56-52-48-44-40-36-20-18-16-14-12-10-8-6-4-2/h14,16,20,27,29,36,58,62,67-68,72-73H,3-13,15,17-19,21-26,28,30-35,37-57,59-61,63-66H2,1-2H3,(H,71,74)/b16-14-,29-27-,36-20-,62-58+. The summed E-state index contributed by atoms with van der Waals surface area (Å²) in [6, 6.07) is -0.638. The van der Waals surface area contributed by atoms with Gasteiger partial charge in [-0.05, 0) is 89.9 Å². The summed E-state index contributed by atoms with van der Waals surface area (Å²) in [7, 11) is 0. The van der Waals surface area contributed by atoms with Gasteiger partial charge in [0.05, 0.1) is 25.4 Å². The van der Waals surface area contributed by atoms with Crippen LogP contribution < -0.4 is 5.32 Å². The molecule has 0 radical (unpaired) electrons. The highest BCUT2D eigenvalue weighted by atomic mass is 16.5. The van der Waals surface area contributed by atoms with Crippen molar-refractivity contribution in [2.45, 2.75) is 373 Å². The maximum absolute atomic E-state index is 12.5. The van der Waals surface area contributed by atoms with E-state index in [9.17, 15) is 19.8 Å². The predicted octanol–water partition coefficient (Wildman–Crippen LogP) is 21.7. The van der Waals surface area contributed by atoms with Gasteiger partial charge in [0.1, 0.15) is 0 Å². The Morgan fingerprint density at radius 2 is 0.658 bits per heavy atom. The number of nitrogens with one attached hydrogen (secondary N) is 1. The van der Waals surface area contributed by atoms with Gasteiger partial charge in [0, 0.05) is 12.8 Å².